The maximum absolute atomic E-state index is 6.17. The smallest absolute Gasteiger partial charge is 0.138 e. The lowest BCUT2D eigenvalue weighted by Gasteiger charge is -2.29. The molecular formula is C16H22N4. The molecule has 0 fully saturated rings. The molecule has 2 N–H and O–H groups in total. The van der Waals surface area contributed by atoms with Crippen LogP contribution in [-0.2, 0) is 18.3 Å². The first-order chi connectivity index (χ1) is 9.66. The molecule has 1 aromatic carbocycles. The molecular weight excluding hydrogens is 248 g/mol. The van der Waals surface area contributed by atoms with Crippen molar-refractivity contribution in [3.63, 3.8) is 0 Å². The van der Waals surface area contributed by atoms with E-state index in [0.29, 0.717) is 12.6 Å². The van der Waals surface area contributed by atoms with Crippen LogP contribution >= 0.6 is 0 Å². The average Bonchev–Trinajstić information content (AvgIpc) is 3.05. The predicted molar refractivity (Wildman–Crippen MR) is 79.6 cm³/mol. The minimum atomic E-state index is 0.0241. The summed E-state index contributed by atoms with van der Waals surface area (Å²) in [5.74, 6) is 1.04. The Balaban J connectivity index is 1.98. The Kier molecular flexibility index (Phi) is 3.34. The monoisotopic (exact) mass is 270 g/mol. The van der Waals surface area contributed by atoms with Gasteiger partial charge < -0.3 is 5.73 Å². The van der Waals surface area contributed by atoms with Gasteiger partial charge in [0.2, 0.25) is 0 Å². The van der Waals surface area contributed by atoms with E-state index in [1.165, 1.54) is 11.1 Å². The molecule has 0 spiro atoms. The van der Waals surface area contributed by atoms with Crippen molar-refractivity contribution in [1.82, 2.24) is 14.8 Å². The van der Waals surface area contributed by atoms with Crippen LogP contribution in [0.15, 0.2) is 30.6 Å². The fourth-order valence-electron chi connectivity index (χ4n) is 3.37. The maximum Gasteiger partial charge on any atom is 0.138 e. The summed E-state index contributed by atoms with van der Waals surface area (Å²) in [5, 5.41) is 4.34. The highest BCUT2D eigenvalue weighted by Gasteiger charge is 2.38. The highest BCUT2D eigenvalue weighted by atomic mass is 15.3. The number of benzene rings is 1. The molecule has 1 heterocycles. The average molecular weight is 270 g/mol. The fraction of sp³-hybridized carbons (Fsp3) is 0.500. The van der Waals surface area contributed by atoms with Crippen molar-refractivity contribution in [3.8, 4) is 0 Å². The molecule has 20 heavy (non-hydrogen) atoms. The molecule has 3 rings (SSSR count). The third-order valence-electron chi connectivity index (χ3n) is 4.49. The fourth-order valence-corrected chi connectivity index (χ4v) is 3.37. The van der Waals surface area contributed by atoms with Crippen LogP contribution in [0.5, 0.6) is 0 Å². The van der Waals surface area contributed by atoms with Crippen molar-refractivity contribution in [2.75, 3.05) is 6.54 Å². The second kappa shape index (κ2) is 5.02. The Hall–Kier alpha value is -1.68. The van der Waals surface area contributed by atoms with Crippen molar-refractivity contribution in [1.29, 1.82) is 0 Å². The van der Waals surface area contributed by atoms with Crippen molar-refractivity contribution in [2.24, 2.45) is 5.73 Å². The third-order valence-corrected chi connectivity index (χ3v) is 4.49. The summed E-state index contributed by atoms with van der Waals surface area (Å²) in [7, 11) is 0. The van der Waals surface area contributed by atoms with Crippen molar-refractivity contribution >= 4 is 0 Å². The molecule has 4 nitrogen and oxygen atoms in total. The van der Waals surface area contributed by atoms with Gasteiger partial charge in [0.05, 0.1) is 0 Å². The summed E-state index contributed by atoms with van der Waals surface area (Å²) in [4.78, 5) is 4.46. The van der Waals surface area contributed by atoms with Gasteiger partial charge in [-0.3, -0.25) is 0 Å². The summed E-state index contributed by atoms with van der Waals surface area (Å²) >= 11 is 0. The number of hydrogen-bond donors (Lipinski definition) is 1. The van der Waals surface area contributed by atoms with E-state index in [0.717, 1.165) is 25.1 Å². The number of hydrogen-bond acceptors (Lipinski definition) is 3. The summed E-state index contributed by atoms with van der Waals surface area (Å²) in [6, 6.07) is 9.01. The van der Waals surface area contributed by atoms with Gasteiger partial charge in [0.1, 0.15) is 12.2 Å². The van der Waals surface area contributed by atoms with Crippen LogP contribution in [-0.4, -0.2) is 21.3 Å². The van der Waals surface area contributed by atoms with Gasteiger partial charge in [0, 0.05) is 24.4 Å². The summed E-state index contributed by atoms with van der Waals surface area (Å²) < 4.78 is 2.01. The van der Waals surface area contributed by atoms with Gasteiger partial charge in [-0.15, -0.1) is 0 Å². The van der Waals surface area contributed by atoms with E-state index >= 15 is 0 Å². The molecule has 1 atom stereocenters. The SMILES string of the molecule is CC(C)n1ncnc1CC1(CN)CCc2ccccc21. The highest BCUT2D eigenvalue weighted by molar-refractivity contribution is 5.40. The number of aromatic nitrogens is 3. The molecule has 1 aliphatic rings. The summed E-state index contributed by atoms with van der Waals surface area (Å²) in [5.41, 5.74) is 9.04. The largest absolute Gasteiger partial charge is 0.330 e. The van der Waals surface area contributed by atoms with Crippen molar-refractivity contribution in [2.45, 2.75) is 44.6 Å². The predicted octanol–water partition coefficient (Wildman–Crippen LogP) is 2.24. The number of rotatable bonds is 4. The minimum absolute atomic E-state index is 0.0241. The van der Waals surface area contributed by atoms with Crippen LogP contribution in [0.3, 0.4) is 0 Å². The first-order valence-electron chi connectivity index (χ1n) is 7.33. The van der Waals surface area contributed by atoms with Gasteiger partial charge >= 0.3 is 0 Å². The van der Waals surface area contributed by atoms with Crippen LogP contribution < -0.4 is 5.73 Å². The Labute approximate surface area is 120 Å². The van der Waals surface area contributed by atoms with Gasteiger partial charge in [-0.2, -0.15) is 5.10 Å². The van der Waals surface area contributed by atoms with E-state index in [9.17, 15) is 0 Å². The van der Waals surface area contributed by atoms with Gasteiger partial charge in [-0.05, 0) is 37.8 Å². The molecule has 0 amide bonds. The normalized spacial score (nSPS) is 21.4. The molecule has 0 bridgehead atoms. The van der Waals surface area contributed by atoms with Crippen molar-refractivity contribution in [3.05, 3.63) is 47.5 Å². The third kappa shape index (κ3) is 2.04. The molecule has 0 aliphatic heterocycles. The van der Waals surface area contributed by atoms with E-state index in [2.05, 4.69) is 48.2 Å². The van der Waals surface area contributed by atoms with Crippen molar-refractivity contribution < 1.29 is 0 Å². The van der Waals surface area contributed by atoms with Gasteiger partial charge in [-0.25, -0.2) is 9.67 Å². The quantitative estimate of drug-likeness (QED) is 0.927. The van der Waals surface area contributed by atoms with Crippen LogP contribution in [0.1, 0.15) is 43.3 Å². The van der Waals surface area contributed by atoms with E-state index in [1.807, 2.05) is 4.68 Å². The topological polar surface area (TPSA) is 56.7 Å². The van der Waals surface area contributed by atoms with Crippen LogP contribution in [0.25, 0.3) is 0 Å². The number of aryl methyl sites for hydroxylation is 1. The van der Waals surface area contributed by atoms with E-state index < -0.39 is 0 Å². The summed E-state index contributed by atoms with van der Waals surface area (Å²) in [6.45, 7) is 4.93. The molecule has 0 radical (unpaired) electrons. The Morgan fingerprint density at radius 1 is 1.35 bits per heavy atom. The zero-order chi connectivity index (χ0) is 14.2. The maximum atomic E-state index is 6.17. The molecule has 0 saturated heterocycles. The zero-order valence-corrected chi connectivity index (χ0v) is 12.2. The highest BCUT2D eigenvalue weighted by Crippen LogP contribution is 2.40. The number of nitrogens with zero attached hydrogens (tertiary/aromatic N) is 3. The minimum Gasteiger partial charge on any atom is -0.330 e. The Morgan fingerprint density at radius 2 is 2.15 bits per heavy atom. The molecule has 1 unspecified atom stereocenters. The van der Waals surface area contributed by atoms with Gasteiger partial charge in [0.15, 0.2) is 0 Å². The zero-order valence-electron chi connectivity index (χ0n) is 12.2. The van der Waals surface area contributed by atoms with Crippen LogP contribution in [0, 0.1) is 0 Å². The van der Waals surface area contributed by atoms with Crippen LogP contribution in [0.4, 0.5) is 0 Å². The number of nitrogens with two attached hydrogens (primary N) is 1. The molecule has 1 aliphatic carbocycles. The second-order valence-corrected chi connectivity index (χ2v) is 6.03. The first kappa shape index (κ1) is 13.3. The van der Waals surface area contributed by atoms with Crippen LogP contribution in [0.2, 0.25) is 0 Å². The van der Waals surface area contributed by atoms with E-state index in [1.54, 1.807) is 6.33 Å². The first-order valence-corrected chi connectivity index (χ1v) is 7.33. The number of fused-ring (bicyclic) bond motifs is 1. The Morgan fingerprint density at radius 3 is 2.90 bits per heavy atom. The standard InChI is InChI=1S/C16H22N4/c1-12(2)20-15(18-11-19-20)9-16(10-17)8-7-13-5-3-4-6-14(13)16/h3-6,11-12H,7-10,17H2,1-2H3. The second-order valence-electron chi connectivity index (χ2n) is 6.03. The Bertz CT molecular complexity index is 602. The lowest BCUT2D eigenvalue weighted by molar-refractivity contribution is 0.397. The van der Waals surface area contributed by atoms with E-state index in [4.69, 9.17) is 5.73 Å². The molecule has 106 valence electrons. The molecule has 4 heteroatoms. The molecule has 0 saturated carbocycles. The molecule has 2 aromatic rings. The van der Waals surface area contributed by atoms with Gasteiger partial charge in [0.25, 0.3) is 0 Å². The van der Waals surface area contributed by atoms with Gasteiger partial charge in [-0.1, -0.05) is 24.3 Å². The molecule has 1 aromatic heterocycles. The summed E-state index contributed by atoms with van der Waals surface area (Å²) in [6.07, 6.45) is 4.75. The lowest BCUT2D eigenvalue weighted by atomic mass is 9.78. The van der Waals surface area contributed by atoms with E-state index in [-0.39, 0.29) is 5.41 Å². The lowest BCUT2D eigenvalue weighted by Crippen LogP contribution is -2.36.